The summed E-state index contributed by atoms with van der Waals surface area (Å²) in [5, 5.41) is 10.7. The number of aldehydes is 2. The Balaban J connectivity index is 2.37. The molecule has 0 aromatic rings. The van der Waals surface area contributed by atoms with Gasteiger partial charge in [0.05, 0.1) is 12.0 Å². The van der Waals surface area contributed by atoms with Crippen LogP contribution in [0.4, 0.5) is 0 Å². The Bertz CT molecular complexity index is 529. The number of aliphatic hydroxyl groups excluding tert-OH is 1. The lowest BCUT2D eigenvalue weighted by atomic mass is 9.46. The summed E-state index contributed by atoms with van der Waals surface area (Å²) in [4.78, 5) is 23.1. The highest BCUT2D eigenvalue weighted by Crippen LogP contribution is 2.60. The average molecular weight is 318 g/mol. The van der Waals surface area contributed by atoms with E-state index in [1.807, 2.05) is 13.0 Å². The van der Waals surface area contributed by atoms with E-state index in [4.69, 9.17) is 0 Å². The molecule has 3 heteroatoms. The van der Waals surface area contributed by atoms with Crippen molar-refractivity contribution in [1.82, 2.24) is 0 Å². The molecule has 1 N–H and O–H groups in total. The van der Waals surface area contributed by atoms with Crippen LogP contribution in [-0.2, 0) is 9.59 Å². The van der Waals surface area contributed by atoms with Gasteiger partial charge in [-0.1, -0.05) is 31.6 Å². The summed E-state index contributed by atoms with van der Waals surface area (Å²) in [5.74, 6) is -0.264. The number of fused-ring (bicyclic) bond motifs is 1. The van der Waals surface area contributed by atoms with Gasteiger partial charge in [-0.3, -0.25) is 4.79 Å². The Hall–Kier alpha value is -1.22. The van der Waals surface area contributed by atoms with Crippen LogP contribution in [0.2, 0.25) is 0 Å². The molecule has 2 aliphatic carbocycles. The molecule has 0 heterocycles. The molecule has 0 aromatic carbocycles. The summed E-state index contributed by atoms with van der Waals surface area (Å²) in [6.07, 6.45) is 9.87. The van der Waals surface area contributed by atoms with Gasteiger partial charge in [0.25, 0.3) is 0 Å². The summed E-state index contributed by atoms with van der Waals surface area (Å²) >= 11 is 0. The summed E-state index contributed by atoms with van der Waals surface area (Å²) < 4.78 is 0. The Labute approximate surface area is 139 Å². The predicted octanol–water partition coefficient (Wildman–Crippen LogP) is 3.86. The first kappa shape index (κ1) is 18.1. The molecule has 0 spiro atoms. The van der Waals surface area contributed by atoms with Crippen molar-refractivity contribution in [2.45, 2.75) is 65.9 Å². The Kier molecular flexibility index (Phi) is 5.30. The van der Waals surface area contributed by atoms with Crippen molar-refractivity contribution in [1.29, 1.82) is 0 Å². The van der Waals surface area contributed by atoms with E-state index >= 15 is 0 Å². The van der Waals surface area contributed by atoms with Gasteiger partial charge in [-0.15, -0.1) is 0 Å². The molecule has 3 nitrogen and oxygen atoms in total. The van der Waals surface area contributed by atoms with Crippen LogP contribution >= 0.6 is 0 Å². The van der Waals surface area contributed by atoms with Crippen LogP contribution < -0.4 is 0 Å². The third kappa shape index (κ3) is 3.08. The summed E-state index contributed by atoms with van der Waals surface area (Å²) in [7, 11) is 0. The quantitative estimate of drug-likeness (QED) is 0.618. The van der Waals surface area contributed by atoms with Gasteiger partial charge in [0, 0.05) is 5.41 Å². The van der Waals surface area contributed by atoms with Gasteiger partial charge in [0.1, 0.15) is 12.6 Å². The maximum atomic E-state index is 11.7. The topological polar surface area (TPSA) is 54.4 Å². The number of allylic oxidation sites excluding steroid dienone is 4. The van der Waals surface area contributed by atoms with Crippen molar-refractivity contribution in [3.05, 3.63) is 23.3 Å². The van der Waals surface area contributed by atoms with Crippen molar-refractivity contribution in [3.63, 3.8) is 0 Å². The van der Waals surface area contributed by atoms with Crippen LogP contribution in [0, 0.1) is 22.7 Å². The largest absolute Gasteiger partial charge is 0.393 e. The molecule has 128 valence electrons. The smallest absolute Gasteiger partial charge is 0.146 e. The highest BCUT2D eigenvalue weighted by molar-refractivity contribution is 5.82. The summed E-state index contributed by atoms with van der Waals surface area (Å²) in [6, 6.07) is 0. The fourth-order valence-electron chi connectivity index (χ4n) is 4.97. The Morgan fingerprint density at radius 3 is 2.61 bits per heavy atom. The van der Waals surface area contributed by atoms with Crippen molar-refractivity contribution >= 4 is 12.6 Å². The van der Waals surface area contributed by atoms with Crippen LogP contribution in [0.25, 0.3) is 0 Å². The Morgan fingerprint density at radius 2 is 2.04 bits per heavy atom. The van der Waals surface area contributed by atoms with Crippen LogP contribution in [0.1, 0.15) is 59.8 Å². The molecular weight excluding hydrogens is 288 g/mol. The van der Waals surface area contributed by atoms with E-state index in [9.17, 15) is 14.7 Å². The van der Waals surface area contributed by atoms with Crippen LogP contribution in [0.5, 0.6) is 0 Å². The SMILES string of the molecule is CC(C)=CCC[C@]1(C)CC[C@@H](O)[C@@]2(C)C1CC=C(C=O)[C@H]2C=O. The van der Waals surface area contributed by atoms with E-state index in [-0.39, 0.29) is 11.3 Å². The zero-order valence-electron chi connectivity index (χ0n) is 14.8. The molecule has 1 saturated carbocycles. The molecule has 0 radical (unpaired) electrons. The number of aliphatic hydroxyl groups is 1. The normalized spacial score (nSPS) is 39.9. The number of hydrogen-bond acceptors (Lipinski definition) is 3. The van der Waals surface area contributed by atoms with Gasteiger partial charge < -0.3 is 9.90 Å². The van der Waals surface area contributed by atoms with Crippen LogP contribution in [-0.4, -0.2) is 23.8 Å². The number of carbonyl (C=O) groups excluding carboxylic acids is 2. The van der Waals surface area contributed by atoms with E-state index in [1.54, 1.807) is 0 Å². The highest BCUT2D eigenvalue weighted by atomic mass is 16.3. The van der Waals surface area contributed by atoms with Crippen molar-refractivity contribution < 1.29 is 14.7 Å². The molecule has 1 unspecified atom stereocenters. The van der Waals surface area contributed by atoms with Crippen LogP contribution in [0.3, 0.4) is 0 Å². The van der Waals surface area contributed by atoms with E-state index in [2.05, 4.69) is 26.8 Å². The lowest BCUT2D eigenvalue weighted by Gasteiger charge is -2.58. The zero-order valence-corrected chi connectivity index (χ0v) is 14.8. The Morgan fingerprint density at radius 1 is 1.35 bits per heavy atom. The van der Waals surface area contributed by atoms with Crippen molar-refractivity contribution in [3.8, 4) is 0 Å². The predicted molar refractivity (Wildman–Crippen MR) is 91.9 cm³/mol. The number of rotatable bonds is 5. The van der Waals surface area contributed by atoms with Gasteiger partial charge in [0.15, 0.2) is 0 Å². The maximum Gasteiger partial charge on any atom is 0.146 e. The van der Waals surface area contributed by atoms with E-state index in [0.29, 0.717) is 12.0 Å². The molecule has 0 aromatic heterocycles. The minimum Gasteiger partial charge on any atom is -0.393 e. The first-order valence-electron chi connectivity index (χ1n) is 8.71. The van der Waals surface area contributed by atoms with Crippen molar-refractivity contribution in [2.24, 2.45) is 22.7 Å². The molecule has 2 rings (SSSR count). The van der Waals surface area contributed by atoms with Gasteiger partial charge >= 0.3 is 0 Å². The zero-order chi connectivity index (χ0) is 17.3. The first-order chi connectivity index (χ1) is 10.8. The standard InChI is InChI=1S/C20H30O3/c1-14(2)6-5-10-19(3)11-9-18(23)20(4)16(13-22)15(12-21)7-8-17(19)20/h6-7,12-13,16-18,23H,5,8-11H2,1-4H3/t16-,17?,18-,19-,20-/m1/s1. The lowest BCUT2D eigenvalue weighted by molar-refractivity contribution is -0.147. The highest BCUT2D eigenvalue weighted by Gasteiger charge is 2.58. The van der Waals surface area contributed by atoms with Crippen LogP contribution in [0.15, 0.2) is 23.3 Å². The molecule has 5 atom stereocenters. The monoisotopic (exact) mass is 318 g/mol. The molecule has 2 aliphatic rings. The molecule has 0 saturated heterocycles. The van der Waals surface area contributed by atoms with E-state index < -0.39 is 17.4 Å². The maximum absolute atomic E-state index is 11.7. The second-order valence-corrected chi connectivity index (χ2v) is 8.12. The molecule has 0 amide bonds. The van der Waals surface area contributed by atoms with Gasteiger partial charge in [0.2, 0.25) is 0 Å². The van der Waals surface area contributed by atoms with Gasteiger partial charge in [-0.05, 0) is 62.9 Å². The number of carbonyl (C=O) groups is 2. The second kappa shape index (κ2) is 6.72. The molecular formula is C20H30O3. The average Bonchev–Trinajstić information content (AvgIpc) is 2.50. The van der Waals surface area contributed by atoms with E-state index in [0.717, 1.165) is 38.3 Å². The minimum atomic E-state index is -0.537. The van der Waals surface area contributed by atoms with Gasteiger partial charge in [-0.25, -0.2) is 0 Å². The third-order valence-corrected chi connectivity index (χ3v) is 6.46. The number of hydrogen-bond donors (Lipinski definition) is 1. The summed E-state index contributed by atoms with van der Waals surface area (Å²) in [5.41, 5.74) is 1.42. The van der Waals surface area contributed by atoms with Crippen molar-refractivity contribution in [2.75, 3.05) is 0 Å². The second-order valence-electron chi connectivity index (χ2n) is 8.12. The molecule has 0 aliphatic heterocycles. The summed E-state index contributed by atoms with van der Waals surface area (Å²) in [6.45, 7) is 8.52. The fourth-order valence-corrected chi connectivity index (χ4v) is 4.97. The lowest BCUT2D eigenvalue weighted by Crippen LogP contribution is -2.57. The molecule has 1 fully saturated rings. The fraction of sp³-hybridized carbons (Fsp3) is 0.700. The van der Waals surface area contributed by atoms with Gasteiger partial charge in [-0.2, -0.15) is 0 Å². The molecule has 23 heavy (non-hydrogen) atoms. The molecule has 0 bridgehead atoms. The third-order valence-electron chi connectivity index (χ3n) is 6.46. The minimum absolute atomic E-state index is 0.0894. The van der Waals surface area contributed by atoms with E-state index in [1.165, 1.54) is 5.57 Å². The first-order valence-corrected chi connectivity index (χ1v) is 8.71.